The van der Waals surface area contributed by atoms with E-state index in [1.54, 1.807) is 0 Å². The highest BCUT2D eigenvalue weighted by Gasteiger charge is 2.28. The van der Waals surface area contributed by atoms with Crippen molar-refractivity contribution >= 4 is 5.97 Å². The van der Waals surface area contributed by atoms with Gasteiger partial charge in [-0.05, 0) is 67.7 Å². The number of hydrogen-bond donors (Lipinski definition) is 0. The van der Waals surface area contributed by atoms with Crippen molar-refractivity contribution < 1.29 is 9.53 Å². The summed E-state index contributed by atoms with van der Waals surface area (Å²) in [7, 11) is 0. The van der Waals surface area contributed by atoms with Crippen molar-refractivity contribution in [1.82, 2.24) is 4.90 Å². The van der Waals surface area contributed by atoms with E-state index < -0.39 is 0 Å². The standard InChI is InChI=1S/C25H41NO2/c1-17-11-10-12-18(2)26(17)16-19(3)28-23(27)20-13-21(24(4,5)6)15-22(14-20)25(7,8)9/h13-15,17-19H,10-12,16H2,1-9H3/t17-,18-,19-/m0/s1. The molecule has 0 amide bonds. The Labute approximate surface area is 172 Å². The lowest BCUT2D eigenvalue weighted by Crippen LogP contribution is -2.47. The highest BCUT2D eigenvalue weighted by atomic mass is 16.5. The van der Waals surface area contributed by atoms with E-state index in [0.29, 0.717) is 17.6 Å². The maximum Gasteiger partial charge on any atom is 0.338 e. The average Bonchev–Trinajstić information content (AvgIpc) is 2.56. The fourth-order valence-corrected chi connectivity index (χ4v) is 4.03. The smallest absolute Gasteiger partial charge is 0.338 e. The molecular formula is C25H41NO2. The molecule has 1 saturated heterocycles. The van der Waals surface area contributed by atoms with E-state index in [1.807, 2.05) is 19.1 Å². The molecule has 3 nitrogen and oxygen atoms in total. The van der Waals surface area contributed by atoms with Crippen molar-refractivity contribution in [3.8, 4) is 0 Å². The van der Waals surface area contributed by atoms with Gasteiger partial charge in [0.05, 0.1) is 5.56 Å². The molecule has 1 aliphatic rings. The van der Waals surface area contributed by atoms with Crippen LogP contribution in [0.4, 0.5) is 0 Å². The summed E-state index contributed by atoms with van der Waals surface area (Å²) in [5.41, 5.74) is 3.00. The molecule has 0 aromatic heterocycles. The maximum atomic E-state index is 13.0. The summed E-state index contributed by atoms with van der Waals surface area (Å²) in [6.07, 6.45) is 3.63. The molecule has 3 heteroatoms. The number of hydrogen-bond acceptors (Lipinski definition) is 3. The fraction of sp³-hybridized carbons (Fsp3) is 0.720. The predicted molar refractivity (Wildman–Crippen MR) is 118 cm³/mol. The van der Waals surface area contributed by atoms with Gasteiger partial charge in [-0.1, -0.05) is 54.0 Å². The average molecular weight is 388 g/mol. The molecule has 1 fully saturated rings. The van der Waals surface area contributed by atoms with Gasteiger partial charge >= 0.3 is 5.97 Å². The Morgan fingerprint density at radius 3 is 1.89 bits per heavy atom. The zero-order valence-electron chi connectivity index (χ0n) is 19.6. The van der Waals surface area contributed by atoms with Gasteiger partial charge < -0.3 is 4.74 Å². The van der Waals surface area contributed by atoms with E-state index in [4.69, 9.17) is 4.74 Å². The highest BCUT2D eigenvalue weighted by molar-refractivity contribution is 5.90. The summed E-state index contributed by atoms with van der Waals surface area (Å²) in [6, 6.07) is 7.37. The molecule has 1 aromatic rings. The molecule has 0 aliphatic carbocycles. The molecule has 0 bridgehead atoms. The summed E-state index contributed by atoms with van der Waals surface area (Å²) >= 11 is 0. The molecule has 1 heterocycles. The zero-order chi connectivity index (χ0) is 21.3. The number of carbonyl (C=O) groups excluding carboxylic acids is 1. The van der Waals surface area contributed by atoms with Crippen molar-refractivity contribution in [2.24, 2.45) is 0 Å². The van der Waals surface area contributed by atoms with Crippen LogP contribution in [0, 0.1) is 0 Å². The number of rotatable bonds is 4. The van der Waals surface area contributed by atoms with Gasteiger partial charge in [0.15, 0.2) is 0 Å². The van der Waals surface area contributed by atoms with Gasteiger partial charge in [0, 0.05) is 18.6 Å². The van der Waals surface area contributed by atoms with Crippen LogP contribution in [0.1, 0.15) is 103 Å². The van der Waals surface area contributed by atoms with E-state index >= 15 is 0 Å². The predicted octanol–water partition coefficient (Wildman–Crippen LogP) is 6.09. The number of nitrogens with zero attached hydrogens (tertiary/aromatic N) is 1. The van der Waals surface area contributed by atoms with Crippen molar-refractivity contribution in [3.05, 3.63) is 34.9 Å². The molecule has 0 spiro atoms. The molecule has 0 N–H and O–H groups in total. The first-order valence-electron chi connectivity index (χ1n) is 10.9. The molecular weight excluding hydrogens is 346 g/mol. The van der Waals surface area contributed by atoms with E-state index in [1.165, 1.54) is 30.4 Å². The van der Waals surface area contributed by atoms with Crippen molar-refractivity contribution in [2.75, 3.05) is 6.54 Å². The minimum absolute atomic E-state index is 0.0133. The molecule has 0 radical (unpaired) electrons. The Morgan fingerprint density at radius 1 is 1.00 bits per heavy atom. The molecule has 1 aromatic carbocycles. The lowest BCUT2D eigenvalue weighted by molar-refractivity contribution is 0.00809. The second-order valence-electron chi connectivity index (χ2n) is 10.8. The molecule has 2 rings (SSSR count). The zero-order valence-corrected chi connectivity index (χ0v) is 19.6. The number of ether oxygens (including phenoxy) is 1. The molecule has 1 aliphatic heterocycles. The van der Waals surface area contributed by atoms with Gasteiger partial charge in [0.1, 0.15) is 6.10 Å². The van der Waals surface area contributed by atoms with E-state index in [2.05, 4.69) is 66.4 Å². The number of esters is 1. The molecule has 28 heavy (non-hydrogen) atoms. The minimum atomic E-state index is -0.207. The van der Waals surface area contributed by atoms with Crippen molar-refractivity contribution in [3.63, 3.8) is 0 Å². The van der Waals surface area contributed by atoms with Gasteiger partial charge in [0.25, 0.3) is 0 Å². The highest BCUT2D eigenvalue weighted by Crippen LogP contribution is 2.31. The molecule has 0 unspecified atom stereocenters. The Hall–Kier alpha value is -1.35. The molecule has 3 atom stereocenters. The number of carbonyl (C=O) groups is 1. The second-order valence-corrected chi connectivity index (χ2v) is 10.8. The van der Waals surface area contributed by atoms with E-state index in [-0.39, 0.29) is 22.9 Å². The van der Waals surface area contributed by atoms with Gasteiger partial charge in [-0.25, -0.2) is 4.79 Å². The Morgan fingerprint density at radius 2 is 1.46 bits per heavy atom. The van der Waals surface area contributed by atoms with Crippen LogP contribution in [-0.4, -0.2) is 35.6 Å². The van der Waals surface area contributed by atoms with Crippen LogP contribution in [0.2, 0.25) is 0 Å². The van der Waals surface area contributed by atoms with Gasteiger partial charge in [-0.3, -0.25) is 4.90 Å². The summed E-state index contributed by atoms with van der Waals surface area (Å²) in [6.45, 7) is 20.5. The van der Waals surface area contributed by atoms with Crippen molar-refractivity contribution in [2.45, 2.75) is 111 Å². The third-order valence-corrected chi connectivity index (χ3v) is 6.05. The Balaban J connectivity index is 2.18. The SMILES string of the molecule is C[C@@H](CN1[C@@H](C)CCC[C@@H]1C)OC(=O)c1cc(C(C)(C)C)cc(C(C)(C)C)c1. The minimum Gasteiger partial charge on any atom is -0.458 e. The normalized spacial score (nSPS) is 22.8. The lowest BCUT2D eigenvalue weighted by Gasteiger charge is -2.40. The van der Waals surface area contributed by atoms with Crippen LogP contribution in [0.15, 0.2) is 18.2 Å². The first-order valence-corrected chi connectivity index (χ1v) is 10.9. The van der Waals surface area contributed by atoms with Crippen LogP contribution in [0.5, 0.6) is 0 Å². The number of likely N-dealkylation sites (tertiary alicyclic amines) is 1. The lowest BCUT2D eigenvalue weighted by atomic mass is 9.79. The van der Waals surface area contributed by atoms with Gasteiger partial charge in [-0.2, -0.15) is 0 Å². The summed E-state index contributed by atoms with van der Waals surface area (Å²) in [5.74, 6) is -0.207. The van der Waals surface area contributed by atoms with Crippen LogP contribution in [-0.2, 0) is 15.6 Å². The topological polar surface area (TPSA) is 29.5 Å². The summed E-state index contributed by atoms with van der Waals surface area (Å²) in [4.78, 5) is 15.5. The largest absolute Gasteiger partial charge is 0.458 e. The van der Waals surface area contributed by atoms with Crippen LogP contribution < -0.4 is 0 Å². The Kier molecular flexibility index (Phi) is 7.02. The fourth-order valence-electron chi connectivity index (χ4n) is 4.03. The third-order valence-electron chi connectivity index (χ3n) is 6.05. The quantitative estimate of drug-likeness (QED) is 0.586. The van der Waals surface area contributed by atoms with Gasteiger partial charge in [-0.15, -0.1) is 0 Å². The maximum absolute atomic E-state index is 13.0. The third kappa shape index (κ3) is 5.83. The van der Waals surface area contributed by atoms with Crippen LogP contribution in [0.3, 0.4) is 0 Å². The van der Waals surface area contributed by atoms with Gasteiger partial charge in [0.2, 0.25) is 0 Å². The molecule has 0 saturated carbocycles. The first kappa shape index (κ1) is 22.9. The Bertz CT molecular complexity index is 639. The number of benzene rings is 1. The monoisotopic (exact) mass is 387 g/mol. The summed E-state index contributed by atoms with van der Waals surface area (Å²) in [5, 5.41) is 0. The summed E-state index contributed by atoms with van der Waals surface area (Å²) < 4.78 is 5.89. The van der Waals surface area contributed by atoms with Crippen LogP contribution in [0.25, 0.3) is 0 Å². The first-order chi connectivity index (χ1) is 12.8. The van der Waals surface area contributed by atoms with E-state index in [9.17, 15) is 4.79 Å². The van der Waals surface area contributed by atoms with Crippen LogP contribution >= 0.6 is 0 Å². The van der Waals surface area contributed by atoms with Crippen molar-refractivity contribution in [1.29, 1.82) is 0 Å². The number of piperidine rings is 1. The van der Waals surface area contributed by atoms with E-state index in [0.717, 1.165) is 6.54 Å². The second kappa shape index (κ2) is 8.57. The molecule has 158 valence electrons.